The quantitative estimate of drug-likeness (QED) is 0.611. The second-order valence-electron chi connectivity index (χ2n) is 6.50. The molecule has 2 aromatic carbocycles. The highest BCUT2D eigenvalue weighted by molar-refractivity contribution is 7.90. The first-order valence-corrected chi connectivity index (χ1v) is 9.83. The van der Waals surface area contributed by atoms with Crippen molar-refractivity contribution in [2.75, 3.05) is 0 Å². The minimum atomic E-state index is -4.14. The number of aldehydes is 1. The molecule has 4 rings (SSSR count). The Hall–Kier alpha value is -2.80. The van der Waals surface area contributed by atoms with E-state index in [1.807, 2.05) is 0 Å². The molecule has 0 atom stereocenters. The molecule has 4 nitrogen and oxygen atoms in total. The van der Waals surface area contributed by atoms with Gasteiger partial charge in [-0.3, -0.25) is 4.79 Å². The van der Waals surface area contributed by atoms with Crippen molar-refractivity contribution in [2.24, 2.45) is 0 Å². The standard InChI is InChI=1S/C20H15F2NO3S/c21-16-8-6-14(7-9-16)20-19(13-4-5-13)15(12-24)11-23(20)27(25,26)18-3-1-2-17(22)10-18/h1-3,6-13H,4-5H2. The Morgan fingerprint density at radius 2 is 1.70 bits per heavy atom. The van der Waals surface area contributed by atoms with Gasteiger partial charge in [0, 0.05) is 11.8 Å². The molecule has 138 valence electrons. The van der Waals surface area contributed by atoms with Gasteiger partial charge in [-0.1, -0.05) is 6.07 Å². The Kier molecular flexibility index (Phi) is 4.19. The molecule has 27 heavy (non-hydrogen) atoms. The molecule has 0 amide bonds. The monoisotopic (exact) mass is 387 g/mol. The highest BCUT2D eigenvalue weighted by atomic mass is 32.2. The van der Waals surface area contributed by atoms with E-state index in [0.717, 1.165) is 28.9 Å². The van der Waals surface area contributed by atoms with E-state index < -0.39 is 21.7 Å². The number of rotatable bonds is 5. The first-order chi connectivity index (χ1) is 12.9. The molecule has 0 aliphatic heterocycles. The minimum absolute atomic E-state index is 0.0780. The van der Waals surface area contributed by atoms with Crippen molar-refractivity contribution >= 4 is 16.3 Å². The Morgan fingerprint density at radius 3 is 2.30 bits per heavy atom. The zero-order chi connectivity index (χ0) is 19.2. The van der Waals surface area contributed by atoms with E-state index >= 15 is 0 Å². The van der Waals surface area contributed by atoms with Gasteiger partial charge in [0.15, 0.2) is 6.29 Å². The summed E-state index contributed by atoms with van der Waals surface area (Å²) < 4.78 is 54.3. The van der Waals surface area contributed by atoms with Crippen LogP contribution in [0, 0.1) is 11.6 Å². The molecule has 1 aliphatic rings. The summed E-state index contributed by atoms with van der Waals surface area (Å²) in [4.78, 5) is 11.4. The van der Waals surface area contributed by atoms with Crippen molar-refractivity contribution in [1.82, 2.24) is 3.97 Å². The minimum Gasteiger partial charge on any atom is -0.298 e. The molecule has 0 bridgehead atoms. The summed E-state index contributed by atoms with van der Waals surface area (Å²) in [5, 5.41) is 0. The molecule has 0 unspecified atom stereocenters. The summed E-state index contributed by atoms with van der Waals surface area (Å²) in [6.45, 7) is 0. The van der Waals surface area contributed by atoms with Gasteiger partial charge < -0.3 is 0 Å². The van der Waals surface area contributed by atoms with Crippen molar-refractivity contribution in [3.05, 3.63) is 77.5 Å². The number of benzene rings is 2. The summed E-state index contributed by atoms with van der Waals surface area (Å²) >= 11 is 0. The van der Waals surface area contributed by atoms with E-state index in [4.69, 9.17) is 0 Å². The van der Waals surface area contributed by atoms with Crippen LogP contribution >= 0.6 is 0 Å². The van der Waals surface area contributed by atoms with Crippen LogP contribution in [-0.4, -0.2) is 18.7 Å². The highest BCUT2D eigenvalue weighted by Crippen LogP contribution is 2.47. The molecule has 0 saturated heterocycles. The number of aromatic nitrogens is 1. The fraction of sp³-hybridized carbons (Fsp3) is 0.150. The van der Waals surface area contributed by atoms with Crippen molar-refractivity contribution in [1.29, 1.82) is 0 Å². The van der Waals surface area contributed by atoms with Crippen LogP contribution < -0.4 is 0 Å². The van der Waals surface area contributed by atoms with Crippen molar-refractivity contribution in [2.45, 2.75) is 23.7 Å². The van der Waals surface area contributed by atoms with E-state index in [1.165, 1.54) is 42.6 Å². The Balaban J connectivity index is 2.00. The molecule has 1 heterocycles. The van der Waals surface area contributed by atoms with Crippen LogP contribution in [0.15, 0.2) is 59.6 Å². The maximum absolute atomic E-state index is 13.6. The van der Waals surface area contributed by atoms with Gasteiger partial charge in [0.05, 0.1) is 10.6 Å². The lowest BCUT2D eigenvalue weighted by molar-refractivity contribution is 0.112. The van der Waals surface area contributed by atoms with Crippen LogP contribution in [0.4, 0.5) is 8.78 Å². The van der Waals surface area contributed by atoms with Crippen LogP contribution in [0.5, 0.6) is 0 Å². The van der Waals surface area contributed by atoms with Crippen molar-refractivity contribution in [3.8, 4) is 11.3 Å². The summed E-state index contributed by atoms with van der Waals surface area (Å²) in [7, 11) is -4.14. The molecule has 1 fully saturated rings. The zero-order valence-corrected chi connectivity index (χ0v) is 14.9. The van der Waals surface area contributed by atoms with E-state index in [0.29, 0.717) is 23.1 Å². The number of nitrogens with zero attached hydrogens (tertiary/aromatic N) is 1. The average Bonchev–Trinajstić information content (AvgIpc) is 3.41. The van der Waals surface area contributed by atoms with Gasteiger partial charge >= 0.3 is 0 Å². The molecular formula is C20H15F2NO3S. The van der Waals surface area contributed by atoms with Gasteiger partial charge in [-0.05, 0) is 72.4 Å². The molecular weight excluding hydrogens is 372 g/mol. The molecule has 1 saturated carbocycles. The van der Waals surface area contributed by atoms with Crippen LogP contribution in [0.1, 0.15) is 34.7 Å². The topological polar surface area (TPSA) is 56.1 Å². The lowest BCUT2D eigenvalue weighted by atomic mass is 10.0. The van der Waals surface area contributed by atoms with Crippen molar-refractivity contribution < 1.29 is 22.0 Å². The average molecular weight is 387 g/mol. The van der Waals surface area contributed by atoms with Gasteiger partial charge in [-0.25, -0.2) is 21.2 Å². The summed E-state index contributed by atoms with van der Waals surface area (Å²) in [5.41, 5.74) is 1.71. The van der Waals surface area contributed by atoms with Gasteiger partial charge in [-0.15, -0.1) is 0 Å². The number of halogens is 2. The second kappa shape index (κ2) is 6.42. The van der Waals surface area contributed by atoms with Crippen LogP contribution in [-0.2, 0) is 10.0 Å². The van der Waals surface area contributed by atoms with E-state index in [-0.39, 0.29) is 16.4 Å². The van der Waals surface area contributed by atoms with Gasteiger partial charge in [0.1, 0.15) is 11.6 Å². The summed E-state index contributed by atoms with van der Waals surface area (Å²) in [6, 6.07) is 10.1. The van der Waals surface area contributed by atoms with Gasteiger partial charge in [-0.2, -0.15) is 0 Å². The number of carbonyl (C=O) groups is 1. The summed E-state index contributed by atoms with van der Waals surface area (Å²) in [6.07, 6.45) is 3.58. The first-order valence-electron chi connectivity index (χ1n) is 8.39. The Bertz CT molecular complexity index is 1130. The SMILES string of the molecule is O=Cc1cn(S(=O)(=O)c2cccc(F)c2)c(-c2ccc(F)cc2)c1C1CC1. The number of carbonyl (C=O) groups excluding carboxylic acids is 1. The third kappa shape index (κ3) is 3.08. The molecule has 0 spiro atoms. The number of hydrogen-bond donors (Lipinski definition) is 0. The molecule has 7 heteroatoms. The molecule has 3 aromatic rings. The Morgan fingerprint density at radius 1 is 1.00 bits per heavy atom. The third-order valence-corrected chi connectivity index (χ3v) is 6.28. The van der Waals surface area contributed by atoms with E-state index in [9.17, 15) is 22.0 Å². The molecule has 1 aliphatic carbocycles. The normalized spacial score (nSPS) is 14.3. The van der Waals surface area contributed by atoms with Crippen molar-refractivity contribution in [3.63, 3.8) is 0 Å². The predicted octanol–water partition coefficient (Wildman–Crippen LogP) is 4.36. The maximum atomic E-state index is 13.6. The smallest absolute Gasteiger partial charge is 0.268 e. The highest BCUT2D eigenvalue weighted by Gasteiger charge is 2.34. The lowest BCUT2D eigenvalue weighted by Gasteiger charge is -2.13. The fourth-order valence-corrected chi connectivity index (χ4v) is 4.67. The molecule has 0 radical (unpaired) electrons. The van der Waals surface area contributed by atoms with E-state index in [2.05, 4.69) is 0 Å². The fourth-order valence-electron chi connectivity index (χ4n) is 3.23. The Labute approximate surface area is 155 Å². The number of hydrogen-bond acceptors (Lipinski definition) is 3. The second-order valence-corrected chi connectivity index (χ2v) is 8.32. The molecule has 0 N–H and O–H groups in total. The molecule has 1 aromatic heterocycles. The third-order valence-electron chi connectivity index (χ3n) is 4.63. The van der Waals surface area contributed by atoms with Gasteiger partial charge in [0.2, 0.25) is 0 Å². The first kappa shape index (κ1) is 17.6. The van der Waals surface area contributed by atoms with Gasteiger partial charge in [0.25, 0.3) is 10.0 Å². The maximum Gasteiger partial charge on any atom is 0.268 e. The van der Waals surface area contributed by atoms with E-state index in [1.54, 1.807) is 0 Å². The van der Waals surface area contributed by atoms with Crippen LogP contribution in [0.3, 0.4) is 0 Å². The van der Waals surface area contributed by atoms with Crippen LogP contribution in [0.25, 0.3) is 11.3 Å². The lowest BCUT2D eigenvalue weighted by Crippen LogP contribution is -2.14. The predicted molar refractivity (Wildman–Crippen MR) is 96.2 cm³/mol. The zero-order valence-electron chi connectivity index (χ0n) is 14.1. The van der Waals surface area contributed by atoms with Crippen LogP contribution in [0.2, 0.25) is 0 Å². The largest absolute Gasteiger partial charge is 0.298 e. The summed E-state index contributed by atoms with van der Waals surface area (Å²) in [5.74, 6) is -1.05.